The van der Waals surface area contributed by atoms with Gasteiger partial charge in [0.2, 0.25) is 0 Å². The van der Waals surface area contributed by atoms with Crippen LogP contribution in [-0.2, 0) is 13.6 Å². The molecule has 3 aliphatic heterocycles. The van der Waals surface area contributed by atoms with Crippen molar-refractivity contribution in [3.63, 3.8) is 0 Å². The Balaban J connectivity index is 1.24. The van der Waals surface area contributed by atoms with E-state index >= 15 is 0 Å². The average Bonchev–Trinajstić information content (AvgIpc) is 3.17. The van der Waals surface area contributed by atoms with Crippen molar-refractivity contribution in [3.8, 4) is 11.3 Å². The van der Waals surface area contributed by atoms with E-state index in [0.717, 1.165) is 31.2 Å². The summed E-state index contributed by atoms with van der Waals surface area (Å²) in [5.41, 5.74) is 5.07. The predicted octanol–water partition coefficient (Wildman–Crippen LogP) is 4.05. The number of aromatic nitrogens is 2. The van der Waals surface area contributed by atoms with Crippen LogP contribution < -0.4 is 5.32 Å². The molecular formula is C25H30N4. The largest absolute Gasteiger partial charge is 0.311 e. The molecule has 0 spiro atoms. The number of hydrogen-bond donors (Lipinski definition) is 1. The summed E-state index contributed by atoms with van der Waals surface area (Å²) >= 11 is 0. The van der Waals surface area contributed by atoms with Crippen LogP contribution in [0.15, 0.2) is 66.7 Å². The number of nitrogens with one attached hydrogen (secondary N) is 1. The van der Waals surface area contributed by atoms with Gasteiger partial charge in [-0.2, -0.15) is 5.10 Å². The first-order valence-electron chi connectivity index (χ1n) is 10.9. The molecule has 0 radical (unpaired) electrons. The minimum atomic E-state index is 0.601. The van der Waals surface area contributed by atoms with Gasteiger partial charge in [-0.3, -0.25) is 9.58 Å². The monoisotopic (exact) mass is 386 g/mol. The topological polar surface area (TPSA) is 33.1 Å². The smallest absolute Gasteiger partial charge is 0.0926 e. The Labute approximate surface area is 173 Å². The van der Waals surface area contributed by atoms with E-state index in [1.165, 1.54) is 36.2 Å². The molecule has 3 aliphatic rings. The second-order valence-corrected chi connectivity index (χ2v) is 8.60. The molecule has 4 atom stereocenters. The van der Waals surface area contributed by atoms with Gasteiger partial charge in [-0.15, -0.1) is 0 Å². The molecule has 3 fully saturated rings. The van der Waals surface area contributed by atoms with Gasteiger partial charge < -0.3 is 5.32 Å². The van der Waals surface area contributed by atoms with Crippen molar-refractivity contribution < 1.29 is 0 Å². The van der Waals surface area contributed by atoms with Crippen molar-refractivity contribution in [2.45, 2.75) is 31.3 Å². The number of benzene rings is 2. The van der Waals surface area contributed by atoms with Crippen molar-refractivity contribution in [1.82, 2.24) is 20.0 Å². The lowest BCUT2D eigenvalue weighted by Crippen LogP contribution is -2.55. The van der Waals surface area contributed by atoms with Gasteiger partial charge in [0, 0.05) is 49.9 Å². The molecule has 0 aliphatic carbocycles. The van der Waals surface area contributed by atoms with Gasteiger partial charge in [-0.05, 0) is 36.9 Å². The quantitative estimate of drug-likeness (QED) is 0.694. The number of fused-ring (bicyclic) bond motifs is 3. The molecule has 29 heavy (non-hydrogen) atoms. The summed E-state index contributed by atoms with van der Waals surface area (Å²) in [6.45, 7) is 4.44. The summed E-state index contributed by atoms with van der Waals surface area (Å²) in [6.07, 6.45) is 2.60. The van der Waals surface area contributed by atoms with Crippen molar-refractivity contribution in [1.29, 1.82) is 0 Å². The minimum absolute atomic E-state index is 0.601. The SMILES string of the molecule is Cn1nc(-c2ccccc2)cc1[C@@H]1CN2CC[C@H]1C[C@@H]2CNCc1ccccc1. The molecule has 2 bridgehead atoms. The van der Waals surface area contributed by atoms with E-state index in [-0.39, 0.29) is 0 Å². The zero-order valence-electron chi connectivity index (χ0n) is 17.2. The number of aryl methyl sites for hydroxylation is 1. The van der Waals surface area contributed by atoms with Gasteiger partial charge >= 0.3 is 0 Å². The molecular weight excluding hydrogens is 356 g/mol. The Morgan fingerprint density at radius 3 is 2.52 bits per heavy atom. The van der Waals surface area contributed by atoms with Gasteiger partial charge in [0.15, 0.2) is 0 Å². The first-order valence-corrected chi connectivity index (χ1v) is 10.9. The number of hydrogen-bond acceptors (Lipinski definition) is 3. The van der Waals surface area contributed by atoms with Crippen LogP contribution in [0.25, 0.3) is 11.3 Å². The summed E-state index contributed by atoms with van der Waals surface area (Å²) < 4.78 is 2.12. The molecule has 0 saturated carbocycles. The fourth-order valence-electron chi connectivity index (χ4n) is 5.24. The third-order valence-corrected chi connectivity index (χ3v) is 6.80. The van der Waals surface area contributed by atoms with E-state index in [4.69, 9.17) is 5.10 Å². The Bertz CT molecular complexity index is 934. The lowest BCUT2D eigenvalue weighted by Gasteiger charge is -2.50. The molecule has 2 aromatic carbocycles. The lowest BCUT2D eigenvalue weighted by atomic mass is 9.74. The summed E-state index contributed by atoms with van der Waals surface area (Å²) in [6, 6.07) is 24.2. The van der Waals surface area contributed by atoms with Gasteiger partial charge in [0.1, 0.15) is 0 Å². The second-order valence-electron chi connectivity index (χ2n) is 8.60. The van der Waals surface area contributed by atoms with Crippen LogP contribution in [0.3, 0.4) is 0 Å². The normalized spacial score (nSPS) is 26.0. The van der Waals surface area contributed by atoms with Gasteiger partial charge in [-0.1, -0.05) is 60.7 Å². The highest BCUT2D eigenvalue weighted by Crippen LogP contribution is 2.42. The predicted molar refractivity (Wildman–Crippen MR) is 118 cm³/mol. The zero-order valence-corrected chi connectivity index (χ0v) is 17.2. The van der Waals surface area contributed by atoms with Gasteiger partial charge in [0.05, 0.1) is 5.69 Å². The van der Waals surface area contributed by atoms with Crippen molar-refractivity contribution in [3.05, 3.63) is 78.0 Å². The standard InChI is InChI=1S/C25H30N4/c1-28-25(15-24(27-28)20-10-6-3-7-11-20)23-18-29-13-12-21(23)14-22(29)17-26-16-19-8-4-2-5-9-19/h2-11,15,21-23,26H,12-14,16-18H2,1H3/t21-,22+,23+/m0/s1. The fraction of sp³-hybridized carbons (Fsp3) is 0.400. The van der Waals surface area contributed by atoms with Gasteiger partial charge in [0.25, 0.3) is 0 Å². The number of piperidine rings is 3. The van der Waals surface area contributed by atoms with Crippen LogP contribution in [0.5, 0.6) is 0 Å². The summed E-state index contributed by atoms with van der Waals surface area (Å²) in [5, 5.41) is 8.52. The molecule has 4 nitrogen and oxygen atoms in total. The minimum Gasteiger partial charge on any atom is -0.311 e. The van der Waals surface area contributed by atoms with E-state index < -0.39 is 0 Å². The molecule has 0 amide bonds. The first kappa shape index (κ1) is 18.6. The molecule has 1 N–H and O–H groups in total. The second kappa shape index (κ2) is 8.13. The highest BCUT2D eigenvalue weighted by atomic mass is 15.3. The maximum Gasteiger partial charge on any atom is 0.0926 e. The van der Waals surface area contributed by atoms with E-state index in [0.29, 0.717) is 12.0 Å². The highest BCUT2D eigenvalue weighted by Gasteiger charge is 2.41. The van der Waals surface area contributed by atoms with Crippen LogP contribution in [-0.4, -0.2) is 40.4 Å². The summed E-state index contributed by atoms with van der Waals surface area (Å²) in [7, 11) is 2.11. The Morgan fingerprint density at radius 1 is 1.03 bits per heavy atom. The third kappa shape index (κ3) is 3.87. The highest BCUT2D eigenvalue weighted by molar-refractivity contribution is 5.59. The molecule has 4 heteroatoms. The van der Waals surface area contributed by atoms with Crippen LogP contribution in [0, 0.1) is 5.92 Å². The van der Waals surface area contributed by atoms with Crippen LogP contribution in [0.4, 0.5) is 0 Å². The van der Waals surface area contributed by atoms with E-state index in [9.17, 15) is 0 Å². The maximum absolute atomic E-state index is 4.83. The van der Waals surface area contributed by atoms with Crippen LogP contribution >= 0.6 is 0 Å². The molecule has 4 heterocycles. The number of nitrogens with zero attached hydrogens (tertiary/aromatic N) is 3. The Hall–Kier alpha value is -2.43. The van der Waals surface area contributed by atoms with E-state index in [1.54, 1.807) is 0 Å². The van der Waals surface area contributed by atoms with Crippen molar-refractivity contribution >= 4 is 0 Å². The number of rotatable bonds is 6. The lowest BCUT2D eigenvalue weighted by molar-refractivity contribution is 0.0282. The average molecular weight is 387 g/mol. The van der Waals surface area contributed by atoms with Gasteiger partial charge in [-0.25, -0.2) is 0 Å². The molecule has 3 aromatic rings. The summed E-state index contributed by atoms with van der Waals surface area (Å²) in [5.74, 6) is 1.37. The summed E-state index contributed by atoms with van der Waals surface area (Å²) in [4.78, 5) is 2.71. The van der Waals surface area contributed by atoms with Crippen molar-refractivity contribution in [2.75, 3.05) is 19.6 Å². The van der Waals surface area contributed by atoms with Crippen LogP contribution in [0.2, 0.25) is 0 Å². The molecule has 1 aromatic heterocycles. The third-order valence-electron chi connectivity index (χ3n) is 6.80. The van der Waals surface area contributed by atoms with Crippen LogP contribution in [0.1, 0.15) is 30.0 Å². The maximum atomic E-state index is 4.83. The molecule has 1 unspecified atom stereocenters. The van der Waals surface area contributed by atoms with E-state index in [1.807, 2.05) is 0 Å². The molecule has 6 rings (SSSR count). The van der Waals surface area contributed by atoms with Crippen molar-refractivity contribution in [2.24, 2.45) is 13.0 Å². The Kier molecular flexibility index (Phi) is 5.21. The Morgan fingerprint density at radius 2 is 1.79 bits per heavy atom. The fourth-order valence-corrected chi connectivity index (χ4v) is 5.24. The zero-order chi connectivity index (χ0) is 19.6. The molecule has 3 saturated heterocycles. The molecule has 150 valence electrons. The first-order chi connectivity index (χ1) is 14.3. The van der Waals surface area contributed by atoms with E-state index in [2.05, 4.69) is 88.7 Å².